The number of hydrogen-bond acceptors (Lipinski definition) is 6. The lowest BCUT2D eigenvalue weighted by Gasteiger charge is -2.32. The number of amides is 2. The number of nitrogens with zero attached hydrogens (tertiary/aromatic N) is 6. The summed E-state index contributed by atoms with van der Waals surface area (Å²) in [4.78, 5) is 39.8. The highest BCUT2D eigenvalue weighted by atomic mass is 19.3. The van der Waals surface area contributed by atoms with Crippen molar-refractivity contribution in [3.8, 4) is 0 Å². The van der Waals surface area contributed by atoms with Gasteiger partial charge in [0.15, 0.2) is 0 Å². The zero-order chi connectivity index (χ0) is 47.2. The molecule has 14 heteroatoms. The van der Waals surface area contributed by atoms with E-state index in [0.29, 0.717) is 75.8 Å². The number of halogens is 4. The fraction of sp³-hybridized carbons (Fsp3) is 0.692. The van der Waals surface area contributed by atoms with Gasteiger partial charge in [-0.25, -0.2) is 27.5 Å². The Hall–Kier alpha value is -4.04. The van der Waals surface area contributed by atoms with E-state index in [1.54, 1.807) is 4.90 Å². The number of fused-ring (bicyclic) bond motifs is 2. The lowest BCUT2D eigenvalue weighted by molar-refractivity contribution is -0.0478. The largest absolute Gasteiger partial charge is 0.393 e. The smallest absolute Gasteiger partial charge is 0.253 e. The number of piperidine rings is 2. The number of rotatable bonds is 9. The second-order valence-electron chi connectivity index (χ2n) is 22.4. The molecule has 3 saturated carbocycles. The molecular weight excluding hydrogens is 849 g/mol. The Labute approximate surface area is 387 Å². The monoisotopic (exact) mass is 921 g/mol. The average molecular weight is 921 g/mol. The number of carbonyl (C=O) groups is 2. The first kappa shape index (κ1) is 48.4. The van der Waals surface area contributed by atoms with Crippen LogP contribution in [0.3, 0.4) is 0 Å². The summed E-state index contributed by atoms with van der Waals surface area (Å²) in [6.45, 7) is 17.5. The highest BCUT2D eigenvalue weighted by Crippen LogP contribution is 2.40. The van der Waals surface area contributed by atoms with Crippen LogP contribution in [0.15, 0.2) is 36.4 Å². The minimum Gasteiger partial charge on any atom is -0.393 e. The third-order valence-corrected chi connectivity index (χ3v) is 14.6. The number of ether oxygens (including phenoxy) is 1. The average Bonchev–Trinajstić information content (AvgIpc) is 3.93. The van der Waals surface area contributed by atoms with Gasteiger partial charge < -0.3 is 28.8 Å². The van der Waals surface area contributed by atoms with Gasteiger partial charge in [-0.3, -0.25) is 9.59 Å². The van der Waals surface area contributed by atoms with Gasteiger partial charge in [0.2, 0.25) is 11.8 Å². The topological polar surface area (TPSA) is 106 Å². The molecule has 362 valence electrons. The third kappa shape index (κ3) is 11.6. The Morgan fingerprint density at radius 3 is 1.38 bits per heavy atom. The molecule has 10 nitrogen and oxygen atoms in total. The van der Waals surface area contributed by atoms with E-state index >= 15 is 0 Å². The van der Waals surface area contributed by atoms with Crippen LogP contribution in [-0.2, 0) is 28.7 Å². The number of benzene rings is 2. The van der Waals surface area contributed by atoms with Crippen LogP contribution in [0.1, 0.15) is 164 Å². The summed E-state index contributed by atoms with van der Waals surface area (Å²) in [6.07, 6.45) is 7.50. The van der Waals surface area contributed by atoms with Gasteiger partial charge in [0.05, 0.1) is 34.3 Å². The summed E-state index contributed by atoms with van der Waals surface area (Å²) in [6, 6.07) is 11.4. The fourth-order valence-corrected chi connectivity index (χ4v) is 10.3. The molecule has 0 spiro atoms. The Morgan fingerprint density at radius 1 is 0.606 bits per heavy atom. The number of hydrogen-bond donors (Lipinski definition) is 1. The maximum atomic E-state index is 13.7. The number of aromatic nitrogens is 4. The zero-order valence-corrected chi connectivity index (χ0v) is 40.1. The van der Waals surface area contributed by atoms with Crippen LogP contribution in [0.5, 0.6) is 0 Å². The van der Waals surface area contributed by atoms with Crippen molar-refractivity contribution in [2.75, 3.05) is 32.8 Å². The van der Waals surface area contributed by atoms with Gasteiger partial charge in [-0.05, 0) is 118 Å². The molecule has 4 heterocycles. The molecule has 4 aromatic rings. The van der Waals surface area contributed by atoms with Gasteiger partial charge in [0, 0.05) is 93.5 Å². The normalized spacial score (nSPS) is 21.6. The lowest BCUT2D eigenvalue weighted by Crippen LogP contribution is -2.41. The molecular formula is C52H72F4N6O4. The van der Waals surface area contributed by atoms with E-state index in [-0.39, 0.29) is 72.4 Å². The highest BCUT2D eigenvalue weighted by molar-refractivity contribution is 5.98. The Kier molecular flexibility index (Phi) is 14.1. The standard InChI is InChI=1S/C28H39F2N3O2.C24H33F2N3O2/c1-27(2,3)26-31-23-16-21(25(34)32-14-10-22(11-15-32)35-18-20-4-5-20)6-7-24(23)33(26)17-19-8-12-28(29,30)13-9-19;1-23(2,3)22-27-19-14-17(21(31)28-12-8-18(30)9-13-28)4-5-20(19)29(22)15-16-6-10-24(25,26)11-7-16/h6-7,16,19-20,22H,4-5,8-15,17-18H2,1-3H3;4-5,14,16,18,30H,6-13,15H2,1-3H3. The minimum atomic E-state index is -2.53. The van der Waals surface area contributed by atoms with E-state index in [1.165, 1.54) is 12.8 Å². The van der Waals surface area contributed by atoms with Crippen LogP contribution >= 0.6 is 0 Å². The van der Waals surface area contributed by atoms with Crippen molar-refractivity contribution in [2.45, 2.75) is 179 Å². The van der Waals surface area contributed by atoms with Crippen molar-refractivity contribution >= 4 is 33.9 Å². The third-order valence-electron chi connectivity index (χ3n) is 14.6. The summed E-state index contributed by atoms with van der Waals surface area (Å²) in [7, 11) is 0. The summed E-state index contributed by atoms with van der Waals surface area (Å²) < 4.78 is 65.0. The van der Waals surface area contributed by atoms with E-state index in [9.17, 15) is 32.3 Å². The number of alkyl halides is 4. The predicted molar refractivity (Wildman–Crippen MR) is 249 cm³/mol. The zero-order valence-electron chi connectivity index (χ0n) is 40.1. The first-order valence-corrected chi connectivity index (χ1v) is 24.8. The second-order valence-corrected chi connectivity index (χ2v) is 22.4. The summed E-state index contributed by atoms with van der Waals surface area (Å²) in [5, 5.41) is 9.70. The number of aliphatic hydroxyl groups excluding tert-OH is 1. The molecule has 0 radical (unpaired) electrons. The second kappa shape index (κ2) is 19.2. The molecule has 3 aliphatic carbocycles. The van der Waals surface area contributed by atoms with E-state index in [1.807, 2.05) is 41.3 Å². The Morgan fingerprint density at radius 2 is 1.00 bits per heavy atom. The van der Waals surface area contributed by atoms with Crippen molar-refractivity contribution < 1.29 is 37.0 Å². The van der Waals surface area contributed by atoms with Gasteiger partial charge in [0.1, 0.15) is 11.6 Å². The van der Waals surface area contributed by atoms with Gasteiger partial charge in [-0.1, -0.05) is 41.5 Å². The molecule has 2 aromatic carbocycles. The maximum absolute atomic E-state index is 13.7. The molecule has 1 N–H and O–H groups in total. The SMILES string of the molecule is CC(C)(C)c1nc2cc(C(=O)N3CCC(O)CC3)ccc2n1CC1CCC(F)(F)CC1.CC(C)(C)c1nc2cc(C(=O)N3CCC(OCC4CC4)CC3)ccc2n1CC1CCC(F)(F)CC1. The van der Waals surface area contributed by atoms with Gasteiger partial charge in [-0.15, -0.1) is 0 Å². The Balaban J connectivity index is 0.000000181. The predicted octanol–water partition coefficient (Wildman–Crippen LogP) is 10.9. The van der Waals surface area contributed by atoms with E-state index in [2.05, 4.69) is 50.7 Å². The summed E-state index contributed by atoms with van der Waals surface area (Å²) >= 11 is 0. The van der Waals surface area contributed by atoms with Crippen molar-refractivity contribution in [1.82, 2.24) is 28.9 Å². The van der Waals surface area contributed by atoms with Gasteiger partial charge >= 0.3 is 0 Å². The molecule has 2 aliphatic heterocycles. The molecule has 5 aliphatic rings. The van der Waals surface area contributed by atoms with E-state index in [0.717, 1.165) is 72.2 Å². The van der Waals surface area contributed by atoms with Crippen LogP contribution in [0.25, 0.3) is 22.1 Å². The summed E-state index contributed by atoms with van der Waals surface area (Å²) in [5.74, 6) is -1.97. The van der Waals surface area contributed by atoms with E-state index < -0.39 is 11.8 Å². The lowest BCUT2D eigenvalue weighted by atomic mass is 9.86. The van der Waals surface area contributed by atoms with Crippen molar-refractivity contribution in [2.24, 2.45) is 17.8 Å². The molecule has 0 bridgehead atoms. The molecule has 5 fully saturated rings. The van der Waals surface area contributed by atoms with Crippen LogP contribution in [0, 0.1) is 17.8 Å². The molecule has 66 heavy (non-hydrogen) atoms. The molecule has 0 unspecified atom stereocenters. The minimum absolute atomic E-state index is 0.0316. The van der Waals surface area contributed by atoms with Crippen LogP contribution in [0.2, 0.25) is 0 Å². The highest BCUT2D eigenvalue weighted by Gasteiger charge is 2.38. The number of aliphatic hydroxyl groups is 1. The van der Waals surface area contributed by atoms with Crippen LogP contribution in [0.4, 0.5) is 17.6 Å². The fourth-order valence-electron chi connectivity index (χ4n) is 10.3. The van der Waals surface area contributed by atoms with E-state index in [4.69, 9.17) is 14.7 Å². The number of likely N-dealkylation sites (tertiary alicyclic amines) is 2. The van der Waals surface area contributed by atoms with Crippen LogP contribution in [-0.4, -0.2) is 103 Å². The number of carbonyl (C=O) groups excluding carboxylic acids is 2. The first-order chi connectivity index (χ1) is 31.1. The van der Waals surface area contributed by atoms with Gasteiger partial charge in [-0.2, -0.15) is 0 Å². The maximum Gasteiger partial charge on any atom is 0.253 e. The van der Waals surface area contributed by atoms with Crippen molar-refractivity contribution in [3.63, 3.8) is 0 Å². The first-order valence-electron chi connectivity index (χ1n) is 24.8. The quantitative estimate of drug-likeness (QED) is 0.168. The number of imidazole rings is 2. The molecule has 2 saturated heterocycles. The Bertz CT molecular complexity index is 2320. The van der Waals surface area contributed by atoms with Crippen LogP contribution < -0.4 is 0 Å². The molecule has 2 aromatic heterocycles. The van der Waals surface area contributed by atoms with Crippen molar-refractivity contribution in [3.05, 3.63) is 59.2 Å². The van der Waals surface area contributed by atoms with Gasteiger partial charge in [0.25, 0.3) is 11.8 Å². The molecule has 0 atom stereocenters. The molecule has 9 rings (SSSR count). The molecule has 2 amide bonds. The summed E-state index contributed by atoms with van der Waals surface area (Å²) in [5.41, 5.74) is 4.39. The van der Waals surface area contributed by atoms with Crippen molar-refractivity contribution in [1.29, 1.82) is 0 Å².